The maximum Gasteiger partial charge on any atom is 0.337 e. The van der Waals surface area contributed by atoms with Crippen LogP contribution in [0.4, 0.5) is 0 Å². The van der Waals surface area contributed by atoms with Crippen LogP contribution in [0, 0.1) is 5.92 Å². The van der Waals surface area contributed by atoms with Crippen LogP contribution in [-0.4, -0.2) is 147 Å². The van der Waals surface area contributed by atoms with E-state index in [1.165, 1.54) is 18.2 Å². The number of benzene rings is 1. The standard InChI is InChI=1S/C31H42O17/c1-3-16-17(18(28(41)42-2)12-45-29(16)48-31-27(40)24(37)22(35)19(11-32)46-31)10-21(34)44-13-20-23(36)25(38)26(39)30(47-20)43-9-8-14-4-6-15(33)7-5-14/h3-7,12,17,19-20,22-27,29-33,35-40H,8-11,13H2,1-2H3/t17-,19+,20-,22+,23+,24-,25-,26+,27+,29-,30+,31+/m0/s1. The van der Waals surface area contributed by atoms with Gasteiger partial charge in [-0.15, -0.1) is 0 Å². The van der Waals surface area contributed by atoms with Crippen molar-refractivity contribution in [3.8, 4) is 5.75 Å². The van der Waals surface area contributed by atoms with Gasteiger partial charge in [-0.3, -0.25) is 4.79 Å². The smallest absolute Gasteiger partial charge is 0.337 e. The van der Waals surface area contributed by atoms with E-state index in [1.807, 2.05) is 0 Å². The van der Waals surface area contributed by atoms with Crippen molar-refractivity contribution in [2.75, 3.05) is 26.9 Å². The quantitative estimate of drug-likeness (QED) is 0.0834. The Hall–Kier alpha value is -3.20. The zero-order valence-corrected chi connectivity index (χ0v) is 26.2. The lowest BCUT2D eigenvalue weighted by Crippen LogP contribution is -2.60. The number of esters is 2. The fraction of sp³-hybridized carbons (Fsp3) is 0.613. The minimum atomic E-state index is -1.75. The average molecular weight is 687 g/mol. The summed E-state index contributed by atoms with van der Waals surface area (Å²) in [5.41, 5.74) is 0.922. The normalized spacial score (nSPS) is 36.2. The molecule has 3 aliphatic heterocycles. The van der Waals surface area contributed by atoms with Gasteiger partial charge in [0.05, 0.1) is 38.6 Å². The molecule has 0 bridgehead atoms. The number of methoxy groups -OCH3 is 1. The van der Waals surface area contributed by atoms with E-state index < -0.39 is 105 Å². The van der Waals surface area contributed by atoms with Crippen LogP contribution in [0.5, 0.6) is 5.75 Å². The largest absolute Gasteiger partial charge is 0.508 e. The van der Waals surface area contributed by atoms with Gasteiger partial charge in [0.2, 0.25) is 6.29 Å². The number of aliphatic hydroxyl groups is 7. The van der Waals surface area contributed by atoms with Crippen LogP contribution in [-0.2, 0) is 49.2 Å². The Bertz CT molecular complexity index is 1280. The molecular weight excluding hydrogens is 644 g/mol. The number of aliphatic hydroxyl groups excluding tert-OH is 7. The van der Waals surface area contributed by atoms with Gasteiger partial charge in [-0.1, -0.05) is 18.2 Å². The predicted octanol–water partition coefficient (Wildman–Crippen LogP) is -2.52. The summed E-state index contributed by atoms with van der Waals surface area (Å²) in [5, 5.41) is 80.8. The molecule has 268 valence electrons. The van der Waals surface area contributed by atoms with Crippen LogP contribution < -0.4 is 0 Å². The molecule has 48 heavy (non-hydrogen) atoms. The number of hydrogen-bond acceptors (Lipinski definition) is 17. The van der Waals surface area contributed by atoms with E-state index in [0.717, 1.165) is 18.9 Å². The van der Waals surface area contributed by atoms with Crippen LogP contribution in [0.1, 0.15) is 18.9 Å². The van der Waals surface area contributed by atoms with Crippen molar-refractivity contribution in [1.29, 1.82) is 0 Å². The summed E-state index contributed by atoms with van der Waals surface area (Å²) in [7, 11) is 1.12. The number of carbonyl (C=O) groups is 2. The summed E-state index contributed by atoms with van der Waals surface area (Å²) >= 11 is 0. The summed E-state index contributed by atoms with van der Waals surface area (Å²) < 4.78 is 38.0. The summed E-state index contributed by atoms with van der Waals surface area (Å²) in [5.74, 6) is -2.69. The summed E-state index contributed by atoms with van der Waals surface area (Å²) in [6.45, 7) is 0.335. The summed E-state index contributed by atoms with van der Waals surface area (Å²) in [6.07, 6.45) is -14.6. The lowest BCUT2D eigenvalue weighted by Gasteiger charge is -2.42. The molecule has 0 amide bonds. The number of carbonyl (C=O) groups excluding carboxylic acids is 2. The van der Waals surface area contributed by atoms with Gasteiger partial charge in [-0.05, 0) is 31.0 Å². The molecule has 17 heteroatoms. The van der Waals surface area contributed by atoms with E-state index in [1.54, 1.807) is 19.1 Å². The molecule has 17 nitrogen and oxygen atoms in total. The van der Waals surface area contributed by atoms with Crippen molar-refractivity contribution in [3.05, 3.63) is 53.3 Å². The van der Waals surface area contributed by atoms with Gasteiger partial charge in [0.15, 0.2) is 12.6 Å². The van der Waals surface area contributed by atoms with Crippen LogP contribution in [0.25, 0.3) is 0 Å². The van der Waals surface area contributed by atoms with Crippen LogP contribution >= 0.6 is 0 Å². The molecular formula is C31H42O17. The molecule has 0 saturated carbocycles. The lowest BCUT2D eigenvalue weighted by atomic mass is 9.86. The molecule has 4 rings (SSSR count). The molecule has 8 N–H and O–H groups in total. The minimum Gasteiger partial charge on any atom is -0.508 e. The Morgan fingerprint density at radius 1 is 0.875 bits per heavy atom. The van der Waals surface area contributed by atoms with Gasteiger partial charge < -0.3 is 74.0 Å². The Kier molecular flexibility index (Phi) is 13.3. The molecule has 0 radical (unpaired) electrons. The number of rotatable bonds is 12. The monoisotopic (exact) mass is 686 g/mol. The third kappa shape index (κ3) is 8.68. The number of hydrogen-bond donors (Lipinski definition) is 8. The first-order chi connectivity index (χ1) is 22.9. The van der Waals surface area contributed by atoms with Gasteiger partial charge in [0.25, 0.3) is 0 Å². The third-order valence-electron chi connectivity index (χ3n) is 8.29. The Labute approximate surface area is 275 Å². The SMILES string of the molecule is CC=C1[C@H](O[C@H]2O[C@H](CO)[C@@H](O)[C@H](O)[C@H]2O)OC=C(C(=O)OC)[C@H]1CC(=O)OC[C@@H]1O[C@@H](OCCc2ccc(O)cc2)[C@H](O)[C@@H](O)[C@@H]1O. The highest BCUT2D eigenvalue weighted by Gasteiger charge is 2.48. The van der Waals surface area contributed by atoms with E-state index in [-0.39, 0.29) is 23.5 Å². The first kappa shape index (κ1) is 37.6. The summed E-state index contributed by atoms with van der Waals surface area (Å²) in [4.78, 5) is 25.7. The number of allylic oxidation sites excluding steroid dienone is 1. The van der Waals surface area contributed by atoms with Crippen molar-refractivity contribution in [1.82, 2.24) is 0 Å². The van der Waals surface area contributed by atoms with Crippen molar-refractivity contribution in [2.45, 2.75) is 87.5 Å². The highest BCUT2D eigenvalue weighted by molar-refractivity contribution is 5.90. The van der Waals surface area contributed by atoms with Crippen molar-refractivity contribution in [2.24, 2.45) is 5.92 Å². The molecule has 0 spiro atoms. The van der Waals surface area contributed by atoms with Gasteiger partial charge in [0, 0.05) is 11.5 Å². The number of phenols is 1. The summed E-state index contributed by atoms with van der Waals surface area (Å²) in [6, 6.07) is 6.37. The molecule has 3 aliphatic rings. The lowest BCUT2D eigenvalue weighted by molar-refractivity contribution is -0.327. The van der Waals surface area contributed by atoms with Gasteiger partial charge in [-0.2, -0.15) is 0 Å². The maximum absolute atomic E-state index is 13.1. The average Bonchev–Trinajstić information content (AvgIpc) is 3.08. The molecule has 3 heterocycles. The fourth-order valence-electron chi connectivity index (χ4n) is 5.47. The molecule has 2 fully saturated rings. The molecule has 0 unspecified atom stereocenters. The first-order valence-corrected chi connectivity index (χ1v) is 15.2. The van der Waals surface area contributed by atoms with E-state index in [2.05, 4.69) is 0 Å². The first-order valence-electron chi connectivity index (χ1n) is 15.2. The second-order valence-electron chi connectivity index (χ2n) is 11.4. The minimum absolute atomic E-state index is 0.0483. The van der Waals surface area contributed by atoms with Crippen LogP contribution in [0.2, 0.25) is 0 Å². The molecule has 12 atom stereocenters. The zero-order chi connectivity index (χ0) is 35.1. The number of aromatic hydroxyl groups is 1. The predicted molar refractivity (Wildman–Crippen MR) is 157 cm³/mol. The zero-order valence-electron chi connectivity index (χ0n) is 26.2. The Balaban J connectivity index is 1.39. The Morgan fingerprint density at radius 2 is 1.50 bits per heavy atom. The van der Waals surface area contributed by atoms with Crippen LogP contribution in [0.15, 0.2) is 47.7 Å². The van der Waals surface area contributed by atoms with E-state index >= 15 is 0 Å². The van der Waals surface area contributed by atoms with Gasteiger partial charge in [-0.25, -0.2) is 4.79 Å². The molecule has 1 aromatic carbocycles. The Morgan fingerprint density at radius 3 is 2.12 bits per heavy atom. The van der Waals surface area contributed by atoms with E-state index in [9.17, 15) is 50.4 Å². The number of phenolic OH excluding ortho intramolecular Hbond substituents is 1. The van der Waals surface area contributed by atoms with Crippen molar-refractivity contribution >= 4 is 11.9 Å². The number of ether oxygens (including phenoxy) is 7. The topological polar surface area (TPSA) is 261 Å². The van der Waals surface area contributed by atoms with Gasteiger partial charge in [0.1, 0.15) is 61.2 Å². The molecule has 2 saturated heterocycles. The second-order valence-corrected chi connectivity index (χ2v) is 11.4. The maximum atomic E-state index is 13.1. The second kappa shape index (κ2) is 17.0. The molecule has 1 aromatic rings. The van der Waals surface area contributed by atoms with Crippen LogP contribution in [0.3, 0.4) is 0 Å². The van der Waals surface area contributed by atoms with Crippen molar-refractivity contribution in [3.63, 3.8) is 0 Å². The van der Waals surface area contributed by atoms with Gasteiger partial charge >= 0.3 is 11.9 Å². The van der Waals surface area contributed by atoms with E-state index in [0.29, 0.717) is 6.42 Å². The third-order valence-corrected chi connectivity index (χ3v) is 8.29. The highest BCUT2D eigenvalue weighted by Crippen LogP contribution is 2.36. The highest BCUT2D eigenvalue weighted by atomic mass is 16.8. The fourth-order valence-corrected chi connectivity index (χ4v) is 5.47. The molecule has 0 aromatic heterocycles. The van der Waals surface area contributed by atoms with E-state index in [4.69, 9.17) is 33.2 Å². The molecule has 0 aliphatic carbocycles. The van der Waals surface area contributed by atoms with Crippen molar-refractivity contribution < 1.29 is 83.6 Å².